The van der Waals surface area contributed by atoms with Crippen molar-refractivity contribution >= 4 is 11.9 Å². The molecule has 0 N–H and O–H groups in total. The van der Waals surface area contributed by atoms with Gasteiger partial charge in [0, 0.05) is 23.6 Å². The van der Waals surface area contributed by atoms with Gasteiger partial charge in [-0.3, -0.25) is 4.79 Å². The zero-order valence-electron chi connectivity index (χ0n) is 15.8. The van der Waals surface area contributed by atoms with Crippen LogP contribution in [0.5, 0.6) is 0 Å². The topological polar surface area (TPSA) is 52.6 Å². The highest BCUT2D eigenvalue weighted by atomic mass is 16.6. The van der Waals surface area contributed by atoms with E-state index in [0.717, 1.165) is 16.7 Å². The molecular formula is C23H20O4. The van der Waals surface area contributed by atoms with Crippen molar-refractivity contribution in [2.45, 2.75) is 26.4 Å². The summed E-state index contributed by atoms with van der Waals surface area (Å²) < 4.78 is 9.86. The van der Waals surface area contributed by atoms with Crippen molar-refractivity contribution in [3.8, 4) is 23.7 Å². The highest BCUT2D eigenvalue weighted by Gasteiger charge is 2.17. The van der Waals surface area contributed by atoms with E-state index in [4.69, 9.17) is 4.74 Å². The van der Waals surface area contributed by atoms with Crippen molar-refractivity contribution in [1.29, 1.82) is 0 Å². The molecule has 0 heterocycles. The molecule has 4 nitrogen and oxygen atoms in total. The molecule has 136 valence electrons. The molecule has 0 bridgehead atoms. The van der Waals surface area contributed by atoms with Gasteiger partial charge in [-0.25, -0.2) is 4.79 Å². The first-order chi connectivity index (χ1) is 12.8. The minimum atomic E-state index is -0.879. The maximum atomic E-state index is 11.5. The van der Waals surface area contributed by atoms with Crippen molar-refractivity contribution < 1.29 is 19.1 Å². The molecule has 4 heteroatoms. The summed E-state index contributed by atoms with van der Waals surface area (Å²) in [6.07, 6.45) is 0. The van der Waals surface area contributed by atoms with Gasteiger partial charge in [-0.1, -0.05) is 35.8 Å². The summed E-state index contributed by atoms with van der Waals surface area (Å²) >= 11 is 0. The number of ether oxygens (including phenoxy) is 2. The minimum Gasteiger partial charge on any atom is -0.465 e. The summed E-state index contributed by atoms with van der Waals surface area (Å²) in [4.78, 5) is 22.6. The molecule has 0 radical (unpaired) electrons. The highest BCUT2D eigenvalue weighted by molar-refractivity contribution is 5.89. The smallest absolute Gasteiger partial charge is 0.337 e. The van der Waals surface area contributed by atoms with Crippen LogP contribution in [0.15, 0.2) is 48.5 Å². The molecule has 0 saturated heterocycles. The number of benzene rings is 2. The second-order valence-electron chi connectivity index (χ2n) is 6.22. The number of esters is 2. The molecule has 2 rings (SSSR count). The van der Waals surface area contributed by atoms with Gasteiger partial charge in [-0.15, -0.1) is 0 Å². The number of carbonyl (C=O) groups excluding carboxylic acids is 2. The van der Waals surface area contributed by atoms with E-state index in [1.54, 1.807) is 38.1 Å². The fraction of sp³-hybridized carbons (Fsp3) is 0.217. The molecular weight excluding hydrogens is 340 g/mol. The number of hydrogen-bond donors (Lipinski definition) is 0. The Morgan fingerprint density at radius 1 is 0.889 bits per heavy atom. The third-order valence-corrected chi connectivity index (χ3v) is 3.47. The number of hydrogen-bond acceptors (Lipinski definition) is 4. The molecule has 27 heavy (non-hydrogen) atoms. The average Bonchev–Trinajstić information content (AvgIpc) is 2.64. The maximum absolute atomic E-state index is 11.5. The van der Waals surface area contributed by atoms with E-state index in [9.17, 15) is 9.59 Å². The summed E-state index contributed by atoms with van der Waals surface area (Å²) in [5.41, 5.74) is 1.88. The van der Waals surface area contributed by atoms with E-state index in [0.29, 0.717) is 5.56 Å². The van der Waals surface area contributed by atoms with Gasteiger partial charge in [0.25, 0.3) is 0 Å². The SMILES string of the molecule is COC(=O)c1ccc(C#Cc2ccccc2C#CC(C)(C)OC(C)=O)cc1. The first-order valence-electron chi connectivity index (χ1n) is 8.33. The molecule has 0 amide bonds. The monoisotopic (exact) mass is 360 g/mol. The molecule has 0 aromatic heterocycles. The lowest BCUT2D eigenvalue weighted by Gasteiger charge is -2.17. The van der Waals surface area contributed by atoms with Crippen LogP contribution in [0, 0.1) is 23.7 Å². The molecule has 2 aromatic rings. The van der Waals surface area contributed by atoms with Crippen LogP contribution in [-0.2, 0) is 14.3 Å². The average molecular weight is 360 g/mol. The minimum absolute atomic E-state index is 0.377. The first kappa shape index (κ1) is 19.8. The Balaban J connectivity index is 2.26. The molecule has 0 atom stereocenters. The Kier molecular flexibility index (Phi) is 6.41. The van der Waals surface area contributed by atoms with Crippen LogP contribution < -0.4 is 0 Å². The third kappa shape index (κ3) is 6.06. The second kappa shape index (κ2) is 8.74. The Morgan fingerprint density at radius 3 is 2.04 bits per heavy atom. The lowest BCUT2D eigenvalue weighted by Crippen LogP contribution is -2.24. The van der Waals surface area contributed by atoms with Crippen molar-refractivity contribution in [3.05, 3.63) is 70.8 Å². The summed E-state index contributed by atoms with van der Waals surface area (Å²) in [5.74, 6) is 11.4. The molecule has 0 spiro atoms. The Hall–Kier alpha value is -3.50. The molecule has 0 aliphatic heterocycles. The Labute approximate surface area is 159 Å². The second-order valence-corrected chi connectivity index (χ2v) is 6.22. The quantitative estimate of drug-likeness (QED) is 0.607. The van der Waals surface area contributed by atoms with E-state index < -0.39 is 5.60 Å². The van der Waals surface area contributed by atoms with Gasteiger partial charge >= 0.3 is 11.9 Å². The van der Waals surface area contributed by atoms with Gasteiger partial charge in [0.2, 0.25) is 0 Å². The number of carbonyl (C=O) groups is 2. The summed E-state index contributed by atoms with van der Waals surface area (Å²) in [7, 11) is 1.34. The third-order valence-electron chi connectivity index (χ3n) is 3.47. The maximum Gasteiger partial charge on any atom is 0.337 e. The van der Waals surface area contributed by atoms with Crippen molar-refractivity contribution in [3.63, 3.8) is 0 Å². The van der Waals surface area contributed by atoms with Crippen molar-refractivity contribution in [2.75, 3.05) is 7.11 Å². The number of rotatable bonds is 2. The highest BCUT2D eigenvalue weighted by Crippen LogP contribution is 2.11. The van der Waals surface area contributed by atoms with Gasteiger partial charge in [0.15, 0.2) is 5.60 Å². The summed E-state index contributed by atoms with van der Waals surface area (Å²) in [6.45, 7) is 4.82. The van der Waals surface area contributed by atoms with E-state index >= 15 is 0 Å². The summed E-state index contributed by atoms with van der Waals surface area (Å²) in [5, 5.41) is 0. The molecule has 2 aromatic carbocycles. The lowest BCUT2D eigenvalue weighted by molar-refractivity contribution is -0.148. The van der Waals surface area contributed by atoms with Gasteiger partial charge in [-0.2, -0.15) is 0 Å². The van der Waals surface area contributed by atoms with E-state index in [2.05, 4.69) is 28.4 Å². The van der Waals surface area contributed by atoms with Gasteiger partial charge in [0.1, 0.15) is 0 Å². The zero-order valence-corrected chi connectivity index (χ0v) is 15.8. The number of methoxy groups -OCH3 is 1. The predicted octanol–water partition coefficient (Wildman–Crippen LogP) is 3.57. The molecule has 0 aliphatic rings. The summed E-state index contributed by atoms with van der Waals surface area (Å²) in [6, 6.07) is 14.4. The van der Waals surface area contributed by atoms with Gasteiger partial charge < -0.3 is 9.47 Å². The molecule has 0 fully saturated rings. The van der Waals surface area contributed by atoms with Crippen LogP contribution in [0.25, 0.3) is 0 Å². The van der Waals surface area contributed by atoms with Crippen molar-refractivity contribution in [2.24, 2.45) is 0 Å². The fourth-order valence-corrected chi connectivity index (χ4v) is 2.25. The van der Waals surface area contributed by atoms with Crippen LogP contribution in [0.1, 0.15) is 47.8 Å². The van der Waals surface area contributed by atoms with E-state index in [1.807, 2.05) is 24.3 Å². The fourth-order valence-electron chi connectivity index (χ4n) is 2.25. The lowest BCUT2D eigenvalue weighted by atomic mass is 10.0. The van der Waals surface area contributed by atoms with Gasteiger partial charge in [0.05, 0.1) is 12.7 Å². The van der Waals surface area contributed by atoms with Crippen LogP contribution in [0.2, 0.25) is 0 Å². The van der Waals surface area contributed by atoms with Crippen LogP contribution >= 0.6 is 0 Å². The van der Waals surface area contributed by atoms with Crippen LogP contribution in [0.3, 0.4) is 0 Å². The predicted molar refractivity (Wildman–Crippen MR) is 103 cm³/mol. The van der Waals surface area contributed by atoms with Crippen LogP contribution in [-0.4, -0.2) is 24.6 Å². The Bertz CT molecular complexity index is 961. The molecule has 0 saturated carbocycles. The van der Waals surface area contributed by atoms with E-state index in [1.165, 1.54) is 14.0 Å². The van der Waals surface area contributed by atoms with Crippen molar-refractivity contribution in [1.82, 2.24) is 0 Å². The zero-order chi connectivity index (χ0) is 19.9. The van der Waals surface area contributed by atoms with Crippen LogP contribution in [0.4, 0.5) is 0 Å². The molecule has 0 aliphatic carbocycles. The molecule has 0 unspecified atom stereocenters. The standard InChI is InChI=1S/C23H20O4/c1-17(24)27-23(2,3)16-15-20-8-6-5-7-19(20)12-9-18-10-13-21(14-11-18)22(25)26-4/h5-8,10-11,13-14H,1-4H3. The first-order valence-corrected chi connectivity index (χ1v) is 8.33. The largest absolute Gasteiger partial charge is 0.465 e. The normalized spacial score (nSPS) is 9.93. The van der Waals surface area contributed by atoms with E-state index in [-0.39, 0.29) is 11.9 Å². The van der Waals surface area contributed by atoms with Gasteiger partial charge in [-0.05, 0) is 50.2 Å². The Morgan fingerprint density at radius 2 is 1.48 bits per heavy atom.